The Morgan fingerprint density at radius 2 is 2.30 bits per heavy atom. The van der Waals surface area contributed by atoms with E-state index in [1.807, 2.05) is 0 Å². The molecule has 56 valence electrons. The molecular weight excluding hydrogens is 120 g/mol. The first-order valence-electron chi connectivity index (χ1n) is 4.33. The first-order valence-corrected chi connectivity index (χ1v) is 4.33. The van der Waals surface area contributed by atoms with Crippen LogP contribution in [-0.4, -0.2) is 0 Å². The van der Waals surface area contributed by atoms with Crippen LogP contribution in [0.1, 0.15) is 33.6 Å². The van der Waals surface area contributed by atoms with Crippen LogP contribution in [0.15, 0.2) is 11.6 Å². The predicted molar refractivity (Wildman–Crippen MR) is 43.8 cm³/mol. The molecule has 0 aromatic rings. The van der Waals surface area contributed by atoms with E-state index in [9.17, 15) is 0 Å². The van der Waals surface area contributed by atoms with Crippen LogP contribution in [0.25, 0.3) is 0 Å². The number of hydrogen-bond donors (Lipinski definition) is 0. The van der Waals surface area contributed by atoms with Crippen molar-refractivity contribution in [1.82, 2.24) is 0 Å². The lowest BCUT2D eigenvalue weighted by Crippen LogP contribution is -2.08. The number of rotatable bonds is 1. The lowest BCUT2D eigenvalue weighted by Gasteiger charge is -2.15. The maximum atomic E-state index is 2.44. The van der Waals surface area contributed by atoms with Crippen LogP contribution in [0.2, 0.25) is 0 Å². The molecular formula is C10H16. The van der Waals surface area contributed by atoms with Crippen LogP contribution in [0.5, 0.6) is 0 Å². The maximum Gasteiger partial charge on any atom is -0.0138 e. The topological polar surface area (TPSA) is 0 Å². The highest BCUT2D eigenvalue weighted by Gasteiger charge is 2.58. The lowest BCUT2D eigenvalue weighted by molar-refractivity contribution is 0.354. The fourth-order valence-corrected chi connectivity index (χ4v) is 2.53. The molecule has 2 aliphatic rings. The molecule has 0 heterocycles. The van der Waals surface area contributed by atoms with E-state index in [4.69, 9.17) is 0 Å². The van der Waals surface area contributed by atoms with Crippen molar-refractivity contribution in [3.05, 3.63) is 11.6 Å². The lowest BCUT2D eigenvalue weighted by atomic mass is 9.89. The SMILES string of the molecule is CC1=CC[C@]2(C(C)C)C[C@H]12. The molecule has 0 nitrogen and oxygen atoms in total. The van der Waals surface area contributed by atoms with E-state index in [2.05, 4.69) is 26.8 Å². The maximum absolute atomic E-state index is 2.44. The third kappa shape index (κ3) is 0.574. The van der Waals surface area contributed by atoms with Gasteiger partial charge in [-0.2, -0.15) is 0 Å². The van der Waals surface area contributed by atoms with Gasteiger partial charge in [0, 0.05) is 0 Å². The third-order valence-electron chi connectivity index (χ3n) is 3.62. The van der Waals surface area contributed by atoms with Gasteiger partial charge < -0.3 is 0 Å². The molecule has 0 N–H and O–H groups in total. The van der Waals surface area contributed by atoms with E-state index >= 15 is 0 Å². The molecule has 1 saturated carbocycles. The highest BCUT2D eigenvalue weighted by molar-refractivity contribution is 5.28. The first kappa shape index (κ1) is 6.45. The minimum Gasteiger partial charge on any atom is -0.0847 e. The molecule has 2 aliphatic carbocycles. The Kier molecular flexibility index (Phi) is 1.07. The van der Waals surface area contributed by atoms with Gasteiger partial charge in [0.1, 0.15) is 0 Å². The quantitative estimate of drug-likeness (QED) is 0.486. The van der Waals surface area contributed by atoms with Crippen LogP contribution in [-0.2, 0) is 0 Å². The minimum atomic E-state index is 0.740. The second-order valence-corrected chi connectivity index (χ2v) is 4.30. The van der Waals surface area contributed by atoms with Gasteiger partial charge in [-0.1, -0.05) is 25.5 Å². The van der Waals surface area contributed by atoms with E-state index in [1.54, 1.807) is 5.57 Å². The summed E-state index contributed by atoms with van der Waals surface area (Å²) in [7, 11) is 0. The molecule has 1 fully saturated rings. The van der Waals surface area contributed by atoms with Crippen molar-refractivity contribution in [2.45, 2.75) is 33.6 Å². The summed E-state index contributed by atoms with van der Waals surface area (Å²) >= 11 is 0. The summed E-state index contributed by atoms with van der Waals surface area (Å²) in [5.74, 6) is 1.87. The Hall–Kier alpha value is -0.260. The zero-order valence-electron chi connectivity index (χ0n) is 7.15. The van der Waals surface area contributed by atoms with Crippen LogP contribution >= 0.6 is 0 Å². The zero-order chi connectivity index (χ0) is 7.35. The molecule has 0 amide bonds. The van der Waals surface area contributed by atoms with E-state index in [1.165, 1.54) is 12.8 Å². The van der Waals surface area contributed by atoms with Crippen LogP contribution < -0.4 is 0 Å². The standard InChI is InChI=1S/C10H16/c1-7(2)10-5-4-8(3)9(10)6-10/h4,7,9H,5-6H2,1-3H3/t9-,10-/m1/s1. The summed E-state index contributed by atoms with van der Waals surface area (Å²) in [6.45, 7) is 7.03. The van der Waals surface area contributed by atoms with Crippen molar-refractivity contribution >= 4 is 0 Å². The molecule has 0 saturated heterocycles. The molecule has 10 heavy (non-hydrogen) atoms. The van der Waals surface area contributed by atoms with E-state index in [0.29, 0.717) is 0 Å². The molecule has 0 aliphatic heterocycles. The number of allylic oxidation sites excluding steroid dienone is 2. The Labute approximate surface area is 63.3 Å². The monoisotopic (exact) mass is 136 g/mol. The molecule has 0 bridgehead atoms. The molecule has 2 atom stereocenters. The molecule has 0 heteroatoms. The van der Waals surface area contributed by atoms with Crippen molar-refractivity contribution in [1.29, 1.82) is 0 Å². The summed E-state index contributed by atoms with van der Waals surface area (Å²) in [6.07, 6.45) is 5.28. The van der Waals surface area contributed by atoms with Gasteiger partial charge in [0.25, 0.3) is 0 Å². The van der Waals surface area contributed by atoms with Gasteiger partial charge in [0.15, 0.2) is 0 Å². The molecule has 0 spiro atoms. The summed E-state index contributed by atoms with van der Waals surface area (Å²) in [5, 5.41) is 0. The smallest absolute Gasteiger partial charge is 0.0138 e. The highest BCUT2D eigenvalue weighted by atomic mass is 14.6. The van der Waals surface area contributed by atoms with Gasteiger partial charge >= 0.3 is 0 Å². The van der Waals surface area contributed by atoms with Crippen LogP contribution in [0.4, 0.5) is 0 Å². The van der Waals surface area contributed by atoms with Crippen molar-refractivity contribution in [3.8, 4) is 0 Å². The van der Waals surface area contributed by atoms with E-state index < -0.39 is 0 Å². The number of fused-ring (bicyclic) bond motifs is 1. The van der Waals surface area contributed by atoms with Crippen molar-refractivity contribution in [2.75, 3.05) is 0 Å². The Balaban J connectivity index is 2.17. The second kappa shape index (κ2) is 1.66. The fourth-order valence-electron chi connectivity index (χ4n) is 2.53. The number of hydrogen-bond acceptors (Lipinski definition) is 0. The second-order valence-electron chi connectivity index (χ2n) is 4.30. The van der Waals surface area contributed by atoms with Crippen LogP contribution in [0, 0.1) is 17.3 Å². The molecule has 0 aromatic carbocycles. The van der Waals surface area contributed by atoms with Gasteiger partial charge in [-0.3, -0.25) is 0 Å². The molecule has 0 radical (unpaired) electrons. The Morgan fingerprint density at radius 1 is 1.60 bits per heavy atom. The Bertz CT molecular complexity index is 188. The third-order valence-corrected chi connectivity index (χ3v) is 3.62. The largest absolute Gasteiger partial charge is 0.0847 e. The summed E-state index contributed by atoms with van der Waals surface area (Å²) in [5.41, 5.74) is 2.40. The van der Waals surface area contributed by atoms with Gasteiger partial charge in [0.2, 0.25) is 0 Å². The average Bonchev–Trinajstić information content (AvgIpc) is 2.52. The zero-order valence-corrected chi connectivity index (χ0v) is 7.15. The summed E-state index contributed by atoms with van der Waals surface area (Å²) in [4.78, 5) is 0. The molecule has 0 unspecified atom stereocenters. The van der Waals surface area contributed by atoms with Gasteiger partial charge in [0.05, 0.1) is 0 Å². The average molecular weight is 136 g/mol. The first-order chi connectivity index (χ1) is 4.67. The fraction of sp³-hybridized carbons (Fsp3) is 0.800. The predicted octanol–water partition coefficient (Wildman–Crippen LogP) is 3.00. The van der Waals surface area contributed by atoms with Gasteiger partial charge in [-0.25, -0.2) is 0 Å². The van der Waals surface area contributed by atoms with Crippen molar-refractivity contribution in [2.24, 2.45) is 17.3 Å². The summed E-state index contributed by atoms with van der Waals surface area (Å²) in [6, 6.07) is 0. The van der Waals surface area contributed by atoms with E-state index in [-0.39, 0.29) is 0 Å². The van der Waals surface area contributed by atoms with Crippen molar-refractivity contribution < 1.29 is 0 Å². The highest BCUT2D eigenvalue weighted by Crippen LogP contribution is 2.67. The normalized spacial score (nSPS) is 43.6. The van der Waals surface area contributed by atoms with Gasteiger partial charge in [-0.15, -0.1) is 0 Å². The minimum absolute atomic E-state index is 0.740. The Morgan fingerprint density at radius 3 is 2.50 bits per heavy atom. The molecule has 0 aromatic heterocycles. The van der Waals surface area contributed by atoms with E-state index in [0.717, 1.165) is 17.3 Å². The van der Waals surface area contributed by atoms with Crippen LogP contribution in [0.3, 0.4) is 0 Å². The van der Waals surface area contributed by atoms with Crippen molar-refractivity contribution in [3.63, 3.8) is 0 Å². The molecule has 2 rings (SSSR count). The van der Waals surface area contributed by atoms with Gasteiger partial charge in [-0.05, 0) is 37.0 Å². The summed E-state index contributed by atoms with van der Waals surface area (Å²) < 4.78 is 0.